The molecular weight excluding hydrogens is 348 g/mol. The van der Waals surface area contributed by atoms with Crippen LogP contribution >= 0.6 is 0 Å². The number of anilines is 1. The molecule has 0 fully saturated rings. The Bertz CT molecular complexity index is 921. The molecule has 0 aliphatic heterocycles. The van der Waals surface area contributed by atoms with Crippen LogP contribution in [-0.2, 0) is 13.1 Å². The highest BCUT2D eigenvalue weighted by Gasteiger charge is 2.11. The molecule has 3 aromatic carbocycles. The number of hydrogen-bond donors (Lipinski definition) is 2. The van der Waals surface area contributed by atoms with Crippen LogP contribution in [0.25, 0.3) is 0 Å². The van der Waals surface area contributed by atoms with Crippen LogP contribution in [0.1, 0.15) is 27.0 Å². The molecule has 3 aromatic rings. The van der Waals surface area contributed by atoms with Crippen LogP contribution in [0.5, 0.6) is 5.75 Å². The smallest absolute Gasteiger partial charge is 0.255 e. The summed E-state index contributed by atoms with van der Waals surface area (Å²) >= 11 is 0. The van der Waals surface area contributed by atoms with Gasteiger partial charge in [0.2, 0.25) is 0 Å². The highest BCUT2D eigenvalue weighted by molar-refractivity contribution is 6.04. The number of methoxy groups -OCH3 is 1. The third-order valence-electron chi connectivity index (χ3n) is 4.68. The summed E-state index contributed by atoms with van der Waals surface area (Å²) in [5, 5.41) is 2.91. The van der Waals surface area contributed by atoms with Gasteiger partial charge in [0.05, 0.1) is 14.2 Å². The summed E-state index contributed by atoms with van der Waals surface area (Å²) in [6, 6.07) is 23.6. The van der Waals surface area contributed by atoms with Crippen molar-refractivity contribution in [2.45, 2.75) is 20.0 Å². The number of rotatable bonds is 7. The van der Waals surface area contributed by atoms with Crippen LogP contribution in [0.3, 0.4) is 0 Å². The number of benzene rings is 3. The minimum absolute atomic E-state index is 0.0945. The lowest BCUT2D eigenvalue weighted by atomic mass is 10.1. The summed E-state index contributed by atoms with van der Waals surface area (Å²) < 4.78 is 5.48. The largest absolute Gasteiger partial charge is 0.496 e. The number of hydrogen-bond acceptors (Lipinski definition) is 2. The maximum Gasteiger partial charge on any atom is 0.255 e. The predicted octanol–water partition coefficient (Wildman–Crippen LogP) is 3.47. The van der Waals surface area contributed by atoms with Crippen LogP contribution in [0.2, 0.25) is 0 Å². The predicted molar refractivity (Wildman–Crippen MR) is 113 cm³/mol. The SMILES string of the molecule is COc1ccc(C)cc1C[NH+](C)Cc1ccc(C(=O)Nc2ccccc2)cc1. The van der Waals surface area contributed by atoms with E-state index < -0.39 is 0 Å². The van der Waals surface area contributed by atoms with Gasteiger partial charge in [-0.05, 0) is 43.3 Å². The summed E-state index contributed by atoms with van der Waals surface area (Å²) in [5.74, 6) is 0.834. The van der Waals surface area contributed by atoms with E-state index in [0.717, 1.165) is 24.5 Å². The second kappa shape index (κ2) is 9.20. The fourth-order valence-electron chi connectivity index (χ4n) is 3.28. The van der Waals surface area contributed by atoms with Crippen molar-refractivity contribution in [1.29, 1.82) is 0 Å². The third kappa shape index (κ3) is 5.21. The highest BCUT2D eigenvalue weighted by Crippen LogP contribution is 2.18. The van der Waals surface area contributed by atoms with E-state index in [9.17, 15) is 4.79 Å². The molecule has 1 amide bonds. The van der Waals surface area contributed by atoms with Crippen LogP contribution in [0, 0.1) is 6.92 Å². The van der Waals surface area contributed by atoms with Gasteiger partial charge in [0, 0.05) is 22.4 Å². The molecule has 0 bridgehead atoms. The molecule has 1 unspecified atom stereocenters. The van der Waals surface area contributed by atoms with Gasteiger partial charge in [-0.3, -0.25) is 4.79 Å². The maximum absolute atomic E-state index is 12.4. The summed E-state index contributed by atoms with van der Waals surface area (Å²) in [6.45, 7) is 3.84. The van der Waals surface area contributed by atoms with E-state index in [1.165, 1.54) is 21.6 Å². The molecule has 0 saturated heterocycles. The molecule has 28 heavy (non-hydrogen) atoms. The maximum atomic E-state index is 12.4. The van der Waals surface area contributed by atoms with Crippen molar-refractivity contribution in [2.24, 2.45) is 0 Å². The lowest BCUT2D eigenvalue weighted by Crippen LogP contribution is -3.06. The Kier molecular flexibility index (Phi) is 6.45. The molecule has 3 rings (SSSR count). The number of nitrogens with one attached hydrogen (secondary N) is 2. The van der Waals surface area contributed by atoms with Gasteiger partial charge in [0.1, 0.15) is 18.8 Å². The van der Waals surface area contributed by atoms with Crippen LogP contribution in [-0.4, -0.2) is 20.1 Å². The van der Waals surface area contributed by atoms with Crippen molar-refractivity contribution in [2.75, 3.05) is 19.5 Å². The number of carbonyl (C=O) groups is 1. The number of quaternary nitrogens is 1. The van der Waals surface area contributed by atoms with Crippen LogP contribution in [0.15, 0.2) is 72.8 Å². The van der Waals surface area contributed by atoms with E-state index in [2.05, 4.69) is 31.4 Å². The van der Waals surface area contributed by atoms with E-state index in [0.29, 0.717) is 5.56 Å². The van der Waals surface area contributed by atoms with E-state index in [1.54, 1.807) is 7.11 Å². The van der Waals surface area contributed by atoms with Crippen molar-refractivity contribution in [1.82, 2.24) is 0 Å². The van der Waals surface area contributed by atoms with Gasteiger partial charge in [-0.1, -0.05) is 42.0 Å². The molecule has 0 heterocycles. The van der Waals surface area contributed by atoms with Gasteiger partial charge in [0.15, 0.2) is 0 Å². The summed E-state index contributed by atoms with van der Waals surface area (Å²) in [4.78, 5) is 13.7. The molecular formula is C24H27N2O2+. The molecule has 4 nitrogen and oxygen atoms in total. The first-order chi connectivity index (χ1) is 13.5. The van der Waals surface area contributed by atoms with Crippen molar-refractivity contribution in [3.63, 3.8) is 0 Å². The van der Waals surface area contributed by atoms with E-state index in [1.807, 2.05) is 60.7 Å². The van der Waals surface area contributed by atoms with Gasteiger partial charge < -0.3 is 15.0 Å². The van der Waals surface area contributed by atoms with Crippen molar-refractivity contribution < 1.29 is 14.4 Å². The molecule has 144 valence electrons. The Morgan fingerprint density at radius 2 is 1.68 bits per heavy atom. The molecule has 0 aliphatic rings. The molecule has 0 spiro atoms. The quantitative estimate of drug-likeness (QED) is 0.664. The minimum Gasteiger partial charge on any atom is -0.496 e. The summed E-state index contributed by atoms with van der Waals surface area (Å²) in [6.07, 6.45) is 0. The molecule has 0 saturated carbocycles. The zero-order valence-corrected chi connectivity index (χ0v) is 16.7. The van der Waals surface area contributed by atoms with E-state index >= 15 is 0 Å². The first-order valence-electron chi connectivity index (χ1n) is 9.45. The number of amides is 1. The zero-order valence-electron chi connectivity index (χ0n) is 16.7. The zero-order chi connectivity index (χ0) is 19.9. The Morgan fingerprint density at radius 1 is 0.964 bits per heavy atom. The van der Waals surface area contributed by atoms with Gasteiger partial charge >= 0.3 is 0 Å². The van der Waals surface area contributed by atoms with Gasteiger partial charge in [-0.2, -0.15) is 0 Å². The number of aryl methyl sites for hydroxylation is 1. The summed E-state index contributed by atoms with van der Waals surface area (Å²) in [5.41, 5.74) is 5.09. The molecule has 0 aliphatic carbocycles. The highest BCUT2D eigenvalue weighted by atomic mass is 16.5. The first kappa shape index (κ1) is 19.6. The third-order valence-corrected chi connectivity index (χ3v) is 4.68. The average Bonchev–Trinajstić information content (AvgIpc) is 2.69. The Balaban J connectivity index is 1.61. The topological polar surface area (TPSA) is 42.8 Å². The second-order valence-electron chi connectivity index (χ2n) is 7.14. The van der Waals surface area contributed by atoms with Gasteiger partial charge in [-0.25, -0.2) is 0 Å². The Morgan fingerprint density at radius 3 is 2.36 bits per heavy atom. The normalized spacial score (nSPS) is 11.7. The standard InChI is InChI=1S/C24H26N2O2/c1-18-9-14-23(28-3)21(15-18)17-26(2)16-19-10-12-20(13-11-19)24(27)25-22-7-5-4-6-8-22/h4-15H,16-17H2,1-3H3,(H,25,27)/p+1. The number of para-hydroxylation sites is 1. The molecule has 4 heteroatoms. The fraction of sp³-hybridized carbons (Fsp3) is 0.208. The van der Waals surface area contributed by atoms with Gasteiger partial charge in [0.25, 0.3) is 5.91 Å². The van der Waals surface area contributed by atoms with E-state index in [4.69, 9.17) is 4.74 Å². The Hall–Kier alpha value is -3.11. The second-order valence-corrected chi connectivity index (χ2v) is 7.14. The monoisotopic (exact) mass is 375 g/mol. The molecule has 0 aromatic heterocycles. The Labute approximate surface area is 166 Å². The van der Waals surface area contributed by atoms with Crippen LogP contribution in [0.4, 0.5) is 5.69 Å². The van der Waals surface area contributed by atoms with Crippen molar-refractivity contribution in [3.8, 4) is 5.75 Å². The van der Waals surface area contributed by atoms with Gasteiger partial charge in [-0.15, -0.1) is 0 Å². The van der Waals surface area contributed by atoms with Crippen LogP contribution < -0.4 is 15.0 Å². The van der Waals surface area contributed by atoms with Crippen molar-refractivity contribution in [3.05, 3.63) is 95.1 Å². The average molecular weight is 375 g/mol. The lowest BCUT2D eigenvalue weighted by molar-refractivity contribution is -0.907. The number of ether oxygens (including phenoxy) is 1. The summed E-state index contributed by atoms with van der Waals surface area (Å²) in [7, 11) is 3.88. The fourth-order valence-corrected chi connectivity index (χ4v) is 3.28. The van der Waals surface area contributed by atoms with Crippen molar-refractivity contribution >= 4 is 11.6 Å². The molecule has 0 radical (unpaired) electrons. The molecule has 2 N–H and O–H groups in total. The first-order valence-corrected chi connectivity index (χ1v) is 9.45. The molecule has 1 atom stereocenters. The lowest BCUT2D eigenvalue weighted by Gasteiger charge is -2.17. The number of carbonyl (C=O) groups excluding carboxylic acids is 1. The minimum atomic E-state index is -0.0945. The van der Waals surface area contributed by atoms with E-state index in [-0.39, 0.29) is 5.91 Å².